The number of nitrogens with one attached hydrogen (secondary N) is 1. The van der Waals surface area contributed by atoms with Crippen molar-refractivity contribution in [2.75, 3.05) is 11.9 Å². The first-order valence-corrected chi connectivity index (χ1v) is 6.60. The summed E-state index contributed by atoms with van der Waals surface area (Å²) in [4.78, 5) is 10.9. The van der Waals surface area contributed by atoms with Crippen molar-refractivity contribution in [3.05, 3.63) is 35.4 Å². The van der Waals surface area contributed by atoms with Crippen LogP contribution >= 0.6 is 0 Å². The largest absolute Gasteiger partial charge is 0.382 e. The summed E-state index contributed by atoms with van der Waals surface area (Å²) in [5, 5.41) is 3.45. The molecule has 0 bridgehead atoms. The Balaban J connectivity index is 2.41. The van der Waals surface area contributed by atoms with Crippen LogP contribution in [0.2, 0.25) is 0 Å². The molecule has 1 amide bonds. The third-order valence-corrected chi connectivity index (χ3v) is 3.23. The first-order valence-electron chi connectivity index (χ1n) is 6.60. The van der Waals surface area contributed by atoms with E-state index in [4.69, 9.17) is 10.5 Å². The molecular formula is C15H20N2O2. The zero-order valence-corrected chi connectivity index (χ0v) is 11.3. The Labute approximate surface area is 113 Å². The number of anilines is 1. The summed E-state index contributed by atoms with van der Waals surface area (Å²) >= 11 is 0. The molecule has 102 valence electrons. The molecule has 4 nitrogen and oxygen atoms in total. The van der Waals surface area contributed by atoms with E-state index in [0.29, 0.717) is 12.6 Å². The van der Waals surface area contributed by atoms with Gasteiger partial charge in [0.15, 0.2) is 0 Å². The van der Waals surface area contributed by atoms with E-state index in [1.54, 1.807) is 6.08 Å². The molecule has 2 atom stereocenters. The number of rotatable bonds is 4. The van der Waals surface area contributed by atoms with Crippen LogP contribution in [0, 0.1) is 0 Å². The SMILES string of the molecule is CCOC1CC(C)Nc2cccc(/C=C/C(N)=O)c21. The van der Waals surface area contributed by atoms with Gasteiger partial charge in [-0.3, -0.25) is 4.79 Å². The van der Waals surface area contributed by atoms with E-state index in [-0.39, 0.29) is 6.10 Å². The molecule has 0 radical (unpaired) electrons. The lowest BCUT2D eigenvalue weighted by molar-refractivity contribution is -0.113. The van der Waals surface area contributed by atoms with Gasteiger partial charge in [0.05, 0.1) is 6.10 Å². The van der Waals surface area contributed by atoms with E-state index in [1.807, 2.05) is 25.1 Å². The Morgan fingerprint density at radius 3 is 3.05 bits per heavy atom. The van der Waals surface area contributed by atoms with Crippen LogP contribution in [0.5, 0.6) is 0 Å². The molecule has 1 aliphatic heterocycles. The smallest absolute Gasteiger partial charge is 0.241 e. The highest BCUT2D eigenvalue weighted by atomic mass is 16.5. The Bertz CT molecular complexity index is 497. The average Bonchev–Trinajstić information content (AvgIpc) is 2.36. The highest BCUT2D eigenvalue weighted by Crippen LogP contribution is 2.37. The monoisotopic (exact) mass is 260 g/mol. The number of amides is 1. The fourth-order valence-electron chi connectivity index (χ4n) is 2.50. The molecule has 3 N–H and O–H groups in total. The predicted octanol–water partition coefficient (Wildman–Crippen LogP) is 2.47. The van der Waals surface area contributed by atoms with Crippen molar-refractivity contribution in [3.8, 4) is 0 Å². The van der Waals surface area contributed by atoms with E-state index in [0.717, 1.165) is 23.2 Å². The summed E-state index contributed by atoms with van der Waals surface area (Å²) in [7, 11) is 0. The predicted molar refractivity (Wildman–Crippen MR) is 76.7 cm³/mol. The van der Waals surface area contributed by atoms with Crippen LogP contribution < -0.4 is 11.1 Å². The van der Waals surface area contributed by atoms with Gasteiger partial charge in [0.1, 0.15) is 0 Å². The molecule has 1 aliphatic rings. The van der Waals surface area contributed by atoms with Crippen LogP contribution in [-0.2, 0) is 9.53 Å². The van der Waals surface area contributed by atoms with E-state index in [9.17, 15) is 4.79 Å². The molecule has 0 saturated heterocycles. The standard InChI is InChI=1S/C15H20N2O2/c1-3-19-13-9-10(2)17-12-6-4-5-11(15(12)13)7-8-14(16)18/h4-8,10,13,17H,3,9H2,1-2H3,(H2,16,18)/b8-7+. The molecule has 19 heavy (non-hydrogen) atoms. The Kier molecular flexibility index (Phi) is 4.22. The number of hydrogen-bond acceptors (Lipinski definition) is 3. The number of carbonyl (C=O) groups is 1. The zero-order valence-electron chi connectivity index (χ0n) is 11.3. The third kappa shape index (κ3) is 3.15. The van der Waals surface area contributed by atoms with E-state index < -0.39 is 5.91 Å². The van der Waals surface area contributed by atoms with Crippen LogP contribution in [0.15, 0.2) is 24.3 Å². The molecule has 0 fully saturated rings. The molecule has 2 rings (SSSR count). The van der Waals surface area contributed by atoms with Crippen LogP contribution in [0.4, 0.5) is 5.69 Å². The first-order chi connectivity index (χ1) is 9.11. The second-order valence-corrected chi connectivity index (χ2v) is 4.77. The zero-order chi connectivity index (χ0) is 13.8. The van der Waals surface area contributed by atoms with Gasteiger partial charge in [-0.05, 0) is 38.0 Å². The maximum Gasteiger partial charge on any atom is 0.241 e. The Morgan fingerprint density at radius 2 is 2.37 bits per heavy atom. The maximum absolute atomic E-state index is 10.9. The van der Waals surface area contributed by atoms with E-state index >= 15 is 0 Å². The number of primary amides is 1. The fourth-order valence-corrected chi connectivity index (χ4v) is 2.50. The van der Waals surface area contributed by atoms with E-state index in [1.165, 1.54) is 6.08 Å². The van der Waals surface area contributed by atoms with Gasteiger partial charge in [-0.2, -0.15) is 0 Å². The van der Waals surface area contributed by atoms with Crippen molar-refractivity contribution in [1.82, 2.24) is 0 Å². The van der Waals surface area contributed by atoms with Crippen LogP contribution in [0.3, 0.4) is 0 Å². The van der Waals surface area contributed by atoms with Gasteiger partial charge in [-0.1, -0.05) is 12.1 Å². The minimum absolute atomic E-state index is 0.0602. The summed E-state index contributed by atoms with van der Waals surface area (Å²) in [6, 6.07) is 6.35. The van der Waals surface area contributed by atoms with Gasteiger partial charge < -0.3 is 15.8 Å². The van der Waals surface area contributed by atoms with Crippen molar-refractivity contribution in [2.24, 2.45) is 5.73 Å². The Morgan fingerprint density at radius 1 is 1.58 bits per heavy atom. The topological polar surface area (TPSA) is 64.3 Å². The van der Waals surface area contributed by atoms with Gasteiger partial charge in [0, 0.05) is 30.0 Å². The fraction of sp³-hybridized carbons (Fsp3) is 0.400. The van der Waals surface area contributed by atoms with Crippen LogP contribution in [-0.4, -0.2) is 18.6 Å². The number of fused-ring (bicyclic) bond motifs is 1. The minimum atomic E-state index is -0.442. The van der Waals surface area contributed by atoms with Crippen molar-refractivity contribution < 1.29 is 9.53 Å². The lowest BCUT2D eigenvalue weighted by atomic mass is 9.91. The van der Waals surface area contributed by atoms with Gasteiger partial charge in [0.25, 0.3) is 0 Å². The van der Waals surface area contributed by atoms with E-state index in [2.05, 4.69) is 12.2 Å². The average molecular weight is 260 g/mol. The van der Waals surface area contributed by atoms with Crippen molar-refractivity contribution in [1.29, 1.82) is 0 Å². The Hall–Kier alpha value is -1.81. The normalized spacial score (nSPS) is 22.0. The quantitative estimate of drug-likeness (QED) is 0.817. The maximum atomic E-state index is 10.9. The summed E-state index contributed by atoms with van der Waals surface area (Å²) in [6.45, 7) is 4.81. The summed E-state index contributed by atoms with van der Waals surface area (Å²) in [5.41, 5.74) is 8.32. The number of benzene rings is 1. The summed E-state index contributed by atoms with van der Waals surface area (Å²) in [5.74, 6) is -0.442. The van der Waals surface area contributed by atoms with Gasteiger partial charge in [-0.15, -0.1) is 0 Å². The lowest BCUT2D eigenvalue weighted by Gasteiger charge is -2.32. The first kappa shape index (κ1) is 13.6. The third-order valence-electron chi connectivity index (χ3n) is 3.23. The molecule has 0 aromatic heterocycles. The number of carbonyl (C=O) groups excluding carboxylic acids is 1. The summed E-state index contributed by atoms with van der Waals surface area (Å²) in [6.07, 6.45) is 4.12. The molecule has 0 saturated carbocycles. The van der Waals surface area contributed by atoms with Gasteiger partial charge >= 0.3 is 0 Å². The molecule has 1 aromatic carbocycles. The van der Waals surface area contributed by atoms with Crippen molar-refractivity contribution in [3.63, 3.8) is 0 Å². The molecular weight excluding hydrogens is 240 g/mol. The molecule has 1 heterocycles. The molecule has 4 heteroatoms. The number of nitrogens with two attached hydrogens (primary N) is 1. The van der Waals surface area contributed by atoms with Gasteiger partial charge in [-0.25, -0.2) is 0 Å². The second-order valence-electron chi connectivity index (χ2n) is 4.77. The highest BCUT2D eigenvalue weighted by Gasteiger charge is 2.26. The van der Waals surface area contributed by atoms with Crippen molar-refractivity contribution >= 4 is 17.7 Å². The van der Waals surface area contributed by atoms with Crippen LogP contribution in [0.1, 0.15) is 37.5 Å². The summed E-state index contributed by atoms with van der Waals surface area (Å²) < 4.78 is 5.84. The second kappa shape index (κ2) is 5.89. The van der Waals surface area contributed by atoms with Crippen LogP contribution in [0.25, 0.3) is 6.08 Å². The molecule has 1 aromatic rings. The highest BCUT2D eigenvalue weighted by molar-refractivity contribution is 5.90. The minimum Gasteiger partial charge on any atom is -0.382 e. The molecule has 0 aliphatic carbocycles. The van der Waals surface area contributed by atoms with Gasteiger partial charge in [0.2, 0.25) is 5.91 Å². The molecule has 0 spiro atoms. The number of ether oxygens (including phenoxy) is 1. The number of hydrogen-bond donors (Lipinski definition) is 2. The van der Waals surface area contributed by atoms with Crippen molar-refractivity contribution in [2.45, 2.75) is 32.4 Å². The molecule has 2 unspecified atom stereocenters. The lowest BCUT2D eigenvalue weighted by Crippen LogP contribution is -2.27.